The Hall–Kier alpha value is -1.36. The Kier molecular flexibility index (Phi) is 6.40. The van der Waals surface area contributed by atoms with Gasteiger partial charge in [0.15, 0.2) is 0 Å². The molecule has 0 saturated heterocycles. The van der Waals surface area contributed by atoms with Crippen molar-refractivity contribution in [2.24, 2.45) is 0 Å². The second-order valence-electron chi connectivity index (χ2n) is 6.34. The Balaban J connectivity index is 3.36. The topological polar surface area (TPSA) is 61.3 Å². The molecule has 1 aromatic heterocycles. The van der Waals surface area contributed by atoms with E-state index in [1.165, 1.54) is 0 Å². The molecule has 1 aromatic rings. The van der Waals surface area contributed by atoms with Crippen LogP contribution in [0.2, 0.25) is 0 Å². The molecule has 0 aliphatic carbocycles. The molecule has 1 rings (SSSR count). The summed E-state index contributed by atoms with van der Waals surface area (Å²) in [7, 11) is 0. The lowest BCUT2D eigenvalue weighted by Gasteiger charge is -2.27. The van der Waals surface area contributed by atoms with Crippen molar-refractivity contribution in [2.75, 3.05) is 36.5 Å². The van der Waals surface area contributed by atoms with Crippen LogP contribution in [0.1, 0.15) is 52.4 Å². The average molecular weight is 294 g/mol. The minimum absolute atomic E-state index is 0.107. The molecule has 1 heterocycles. The van der Waals surface area contributed by atoms with E-state index in [4.69, 9.17) is 4.98 Å². The zero-order valence-corrected chi connectivity index (χ0v) is 14.3. The van der Waals surface area contributed by atoms with Crippen molar-refractivity contribution in [1.82, 2.24) is 9.97 Å². The van der Waals surface area contributed by atoms with Crippen molar-refractivity contribution in [1.29, 1.82) is 0 Å². The van der Waals surface area contributed by atoms with E-state index in [2.05, 4.69) is 49.8 Å². The summed E-state index contributed by atoms with van der Waals surface area (Å²) in [5, 5.41) is 12.6. The number of nitrogens with zero attached hydrogens (tertiary/aromatic N) is 3. The van der Waals surface area contributed by atoms with E-state index in [9.17, 15) is 5.11 Å². The van der Waals surface area contributed by atoms with Crippen LogP contribution in [0.3, 0.4) is 0 Å². The summed E-state index contributed by atoms with van der Waals surface area (Å²) in [5.74, 6) is 2.66. The molecular weight excluding hydrogens is 264 g/mol. The SMILES string of the molecule is CCCN(CCO)c1nc(C(C)(C)C)nc(NCC)c1C. The maximum absolute atomic E-state index is 9.32. The molecule has 120 valence electrons. The number of aliphatic hydroxyl groups excluding tert-OH is 1. The Morgan fingerprint density at radius 1 is 1.14 bits per heavy atom. The van der Waals surface area contributed by atoms with Crippen LogP contribution in [0.15, 0.2) is 0 Å². The molecule has 5 heteroatoms. The molecule has 0 saturated carbocycles. The number of hydrogen-bond donors (Lipinski definition) is 2. The molecule has 2 N–H and O–H groups in total. The molecule has 0 aliphatic heterocycles. The third-order valence-electron chi connectivity index (χ3n) is 3.30. The second kappa shape index (κ2) is 7.59. The fourth-order valence-electron chi connectivity index (χ4n) is 2.20. The molecule has 0 spiro atoms. The molecule has 0 bridgehead atoms. The maximum atomic E-state index is 9.32. The lowest BCUT2D eigenvalue weighted by molar-refractivity contribution is 0.301. The van der Waals surface area contributed by atoms with Crippen molar-refractivity contribution in [3.8, 4) is 0 Å². The third-order valence-corrected chi connectivity index (χ3v) is 3.30. The predicted octanol–water partition coefficient (Wildman–Crippen LogP) is 2.72. The summed E-state index contributed by atoms with van der Waals surface area (Å²) < 4.78 is 0. The number of aromatic nitrogens is 2. The Morgan fingerprint density at radius 2 is 1.81 bits per heavy atom. The fraction of sp³-hybridized carbons (Fsp3) is 0.750. The van der Waals surface area contributed by atoms with Gasteiger partial charge in [0.05, 0.1) is 6.61 Å². The second-order valence-corrected chi connectivity index (χ2v) is 6.34. The number of rotatable bonds is 7. The van der Waals surface area contributed by atoms with E-state index >= 15 is 0 Å². The van der Waals surface area contributed by atoms with Gasteiger partial charge in [0.1, 0.15) is 17.5 Å². The van der Waals surface area contributed by atoms with E-state index in [1.807, 2.05) is 6.92 Å². The van der Waals surface area contributed by atoms with Gasteiger partial charge in [0, 0.05) is 30.6 Å². The summed E-state index contributed by atoms with van der Waals surface area (Å²) >= 11 is 0. The molecule has 0 unspecified atom stereocenters. The van der Waals surface area contributed by atoms with E-state index in [1.54, 1.807) is 0 Å². The molecule has 0 aliphatic rings. The largest absolute Gasteiger partial charge is 0.395 e. The van der Waals surface area contributed by atoms with Crippen LogP contribution in [0, 0.1) is 6.92 Å². The van der Waals surface area contributed by atoms with Crippen molar-refractivity contribution < 1.29 is 5.11 Å². The summed E-state index contributed by atoms with van der Waals surface area (Å²) in [5.41, 5.74) is 0.940. The minimum Gasteiger partial charge on any atom is -0.395 e. The summed E-state index contributed by atoms with van der Waals surface area (Å²) in [6.07, 6.45) is 1.02. The van der Waals surface area contributed by atoms with Gasteiger partial charge in [-0.25, -0.2) is 9.97 Å². The highest BCUT2D eigenvalue weighted by atomic mass is 16.3. The third kappa shape index (κ3) is 4.56. The summed E-state index contributed by atoms with van der Waals surface area (Å²) in [6, 6.07) is 0. The van der Waals surface area contributed by atoms with Gasteiger partial charge in [-0.15, -0.1) is 0 Å². The van der Waals surface area contributed by atoms with Crippen molar-refractivity contribution in [2.45, 2.75) is 53.4 Å². The van der Waals surface area contributed by atoms with E-state index in [-0.39, 0.29) is 12.0 Å². The van der Waals surface area contributed by atoms with Crippen LogP contribution in [-0.2, 0) is 5.41 Å². The number of aliphatic hydroxyl groups is 1. The first-order valence-corrected chi connectivity index (χ1v) is 7.83. The van der Waals surface area contributed by atoms with Crippen molar-refractivity contribution in [3.63, 3.8) is 0 Å². The van der Waals surface area contributed by atoms with Gasteiger partial charge in [-0.2, -0.15) is 0 Å². The number of nitrogens with one attached hydrogen (secondary N) is 1. The Labute approximate surface area is 128 Å². The Morgan fingerprint density at radius 3 is 2.29 bits per heavy atom. The van der Waals surface area contributed by atoms with Gasteiger partial charge in [-0.3, -0.25) is 0 Å². The van der Waals surface area contributed by atoms with Gasteiger partial charge in [-0.05, 0) is 20.3 Å². The highest BCUT2D eigenvalue weighted by Crippen LogP contribution is 2.28. The first-order chi connectivity index (χ1) is 9.85. The highest BCUT2D eigenvalue weighted by Gasteiger charge is 2.23. The Bertz CT molecular complexity index is 448. The number of anilines is 2. The van der Waals surface area contributed by atoms with E-state index in [0.717, 1.165) is 42.5 Å². The van der Waals surface area contributed by atoms with Crippen LogP contribution >= 0.6 is 0 Å². The fourth-order valence-corrected chi connectivity index (χ4v) is 2.20. The molecule has 0 aromatic carbocycles. The standard InChI is InChI=1S/C16H30N4O/c1-7-9-20(10-11-21)14-12(3)13(17-8-2)18-15(19-14)16(4,5)6/h21H,7-11H2,1-6H3,(H,17,18,19). The van der Waals surface area contributed by atoms with Gasteiger partial charge >= 0.3 is 0 Å². The molecule has 0 fully saturated rings. The van der Waals surface area contributed by atoms with Gasteiger partial charge in [-0.1, -0.05) is 27.7 Å². The van der Waals surface area contributed by atoms with Gasteiger partial charge < -0.3 is 15.3 Å². The first-order valence-electron chi connectivity index (χ1n) is 7.83. The van der Waals surface area contributed by atoms with Crippen LogP contribution in [0.4, 0.5) is 11.6 Å². The monoisotopic (exact) mass is 294 g/mol. The quantitative estimate of drug-likeness (QED) is 0.809. The van der Waals surface area contributed by atoms with Crippen LogP contribution < -0.4 is 10.2 Å². The summed E-state index contributed by atoms with van der Waals surface area (Å²) in [4.78, 5) is 11.6. The smallest absolute Gasteiger partial charge is 0.138 e. The normalized spacial score (nSPS) is 11.6. The van der Waals surface area contributed by atoms with Crippen LogP contribution in [0.5, 0.6) is 0 Å². The van der Waals surface area contributed by atoms with Gasteiger partial charge in [0.2, 0.25) is 0 Å². The first kappa shape index (κ1) is 17.7. The lowest BCUT2D eigenvalue weighted by Crippen LogP contribution is -2.31. The lowest BCUT2D eigenvalue weighted by atomic mass is 9.95. The van der Waals surface area contributed by atoms with Gasteiger partial charge in [0.25, 0.3) is 0 Å². The predicted molar refractivity (Wildman–Crippen MR) is 89.2 cm³/mol. The van der Waals surface area contributed by atoms with Crippen molar-refractivity contribution >= 4 is 11.6 Å². The van der Waals surface area contributed by atoms with Crippen LogP contribution in [-0.4, -0.2) is 41.3 Å². The van der Waals surface area contributed by atoms with Crippen molar-refractivity contribution in [3.05, 3.63) is 11.4 Å². The van der Waals surface area contributed by atoms with E-state index < -0.39 is 0 Å². The summed E-state index contributed by atoms with van der Waals surface area (Å²) in [6.45, 7) is 15.0. The van der Waals surface area contributed by atoms with Crippen LogP contribution in [0.25, 0.3) is 0 Å². The van der Waals surface area contributed by atoms with E-state index in [0.29, 0.717) is 6.54 Å². The molecular formula is C16H30N4O. The highest BCUT2D eigenvalue weighted by molar-refractivity contribution is 5.59. The zero-order valence-electron chi connectivity index (χ0n) is 14.3. The molecule has 5 nitrogen and oxygen atoms in total. The molecule has 0 amide bonds. The molecule has 21 heavy (non-hydrogen) atoms. The average Bonchev–Trinajstić information content (AvgIpc) is 2.40. The minimum atomic E-state index is -0.107. The zero-order chi connectivity index (χ0) is 16.0. The maximum Gasteiger partial charge on any atom is 0.138 e. The molecule has 0 atom stereocenters. The number of hydrogen-bond acceptors (Lipinski definition) is 5. The molecule has 0 radical (unpaired) electrons.